The number of fused-ring (bicyclic) bond motifs is 2. The highest BCUT2D eigenvalue weighted by molar-refractivity contribution is 14.1. The van der Waals surface area contributed by atoms with E-state index in [1.807, 2.05) is 80.8 Å². The van der Waals surface area contributed by atoms with Gasteiger partial charge >= 0.3 is 0 Å². The van der Waals surface area contributed by atoms with Crippen LogP contribution in [0.5, 0.6) is 51.7 Å². The molecule has 0 bridgehead atoms. The first kappa shape index (κ1) is 92.7. The van der Waals surface area contributed by atoms with Gasteiger partial charge in [-0.2, -0.15) is 0 Å². The number of benzene rings is 12. The number of rotatable bonds is 30. The number of likely N-dealkylation sites (tertiary alicyclic amines) is 3. The molecule has 13 aromatic rings. The molecular weight excluding hydrogens is 1720 g/mol. The van der Waals surface area contributed by atoms with E-state index in [1.165, 1.54) is 142 Å². The van der Waals surface area contributed by atoms with Gasteiger partial charge in [-0.05, 0) is 347 Å². The molecule has 0 aliphatic carbocycles. The molecule has 2 atom stereocenters. The Hall–Kier alpha value is -11.5. The van der Waals surface area contributed by atoms with Gasteiger partial charge in [-0.25, -0.2) is 0 Å². The number of aromatic hydroxyl groups is 3. The lowest BCUT2D eigenvalue weighted by Crippen LogP contribution is -2.43. The van der Waals surface area contributed by atoms with E-state index in [-0.39, 0.29) is 34.9 Å². The second-order valence-electron chi connectivity index (χ2n) is 33.9. The number of nitrogens with zero attached hydrogens (tertiary/aromatic N) is 4. The smallest absolute Gasteiger partial charge is 0.195 e. The first-order valence-electron chi connectivity index (χ1n) is 45.3. The largest absolute Gasteiger partial charge is 0.508 e. The van der Waals surface area contributed by atoms with Crippen molar-refractivity contribution in [3.05, 3.63) is 362 Å². The summed E-state index contributed by atoms with van der Waals surface area (Å²) < 4.78 is 38.1. The summed E-state index contributed by atoms with van der Waals surface area (Å²) in [6.45, 7) is 22.5. The maximum Gasteiger partial charge on any atom is 0.195 e. The molecule has 14 nitrogen and oxygen atoms in total. The Balaban J connectivity index is 0.000000138. The van der Waals surface area contributed by atoms with Crippen molar-refractivity contribution in [1.82, 2.24) is 19.6 Å². The summed E-state index contributed by atoms with van der Waals surface area (Å²) >= 11 is 3.82. The number of phenols is 3. The fourth-order valence-electron chi connectivity index (χ4n) is 17.8. The summed E-state index contributed by atoms with van der Waals surface area (Å²) in [6, 6.07) is 99.2. The van der Waals surface area contributed by atoms with Crippen LogP contribution >= 0.6 is 33.9 Å². The molecule has 17 rings (SSSR count). The zero-order valence-corrected chi connectivity index (χ0v) is 78.0. The van der Waals surface area contributed by atoms with Gasteiger partial charge in [0.05, 0.1) is 7.11 Å². The lowest BCUT2D eigenvalue weighted by Gasteiger charge is -2.45. The maximum atomic E-state index is 13.6. The molecule has 3 saturated heterocycles. The molecule has 3 N–H and O–H groups in total. The number of thiophene rings is 1. The number of allylic oxidation sites excluding steroid dienone is 2. The quantitative estimate of drug-likeness (QED) is 0.0223. The van der Waals surface area contributed by atoms with Gasteiger partial charge < -0.3 is 48.6 Å². The van der Waals surface area contributed by atoms with Gasteiger partial charge in [0.1, 0.15) is 83.8 Å². The molecular formula is C112H121IN4O10S. The summed E-state index contributed by atoms with van der Waals surface area (Å²) in [6.07, 6.45) is 11.0. The predicted octanol–water partition coefficient (Wildman–Crippen LogP) is 25.2. The summed E-state index contributed by atoms with van der Waals surface area (Å²) in [5.41, 5.74) is 17.5. The van der Waals surface area contributed by atoms with Gasteiger partial charge in [-0.3, -0.25) is 19.5 Å². The summed E-state index contributed by atoms with van der Waals surface area (Å²) in [4.78, 5) is 24.0. The number of piperidine rings is 1. The number of ketones is 1. The van der Waals surface area contributed by atoms with E-state index in [2.05, 4.69) is 252 Å². The third-order valence-electron chi connectivity index (χ3n) is 24.3. The van der Waals surface area contributed by atoms with Crippen molar-refractivity contribution >= 4 is 72.1 Å². The Kier molecular flexibility index (Phi) is 33.3. The minimum absolute atomic E-state index is 0.0834. The fraction of sp³-hybridized carbons (Fsp3) is 0.295. The molecule has 4 aliphatic rings. The van der Waals surface area contributed by atoms with E-state index in [0.717, 1.165) is 137 Å². The van der Waals surface area contributed by atoms with E-state index in [4.69, 9.17) is 28.4 Å². The molecule has 0 spiro atoms. The number of likely N-dealkylation sites (N-methyl/N-ethyl adjacent to an activating group) is 1. The van der Waals surface area contributed by atoms with Gasteiger partial charge in [-0.1, -0.05) is 178 Å². The van der Waals surface area contributed by atoms with E-state index in [0.29, 0.717) is 24.3 Å². The van der Waals surface area contributed by atoms with E-state index < -0.39 is 5.60 Å². The average molecular weight is 1840 g/mol. The van der Waals surface area contributed by atoms with Crippen molar-refractivity contribution in [1.29, 1.82) is 0 Å². The van der Waals surface area contributed by atoms with E-state index in [9.17, 15) is 20.1 Å². The second-order valence-corrected chi connectivity index (χ2v) is 36.2. The number of methoxy groups -OCH3 is 1. The molecule has 0 radical (unpaired) electrons. The molecule has 128 heavy (non-hydrogen) atoms. The Morgan fingerprint density at radius 1 is 0.438 bits per heavy atom. The van der Waals surface area contributed by atoms with Crippen LogP contribution in [-0.4, -0.2) is 159 Å². The van der Waals surface area contributed by atoms with Gasteiger partial charge in [0.2, 0.25) is 0 Å². The molecule has 16 heteroatoms. The first-order valence-corrected chi connectivity index (χ1v) is 47.2. The summed E-state index contributed by atoms with van der Waals surface area (Å²) in [5, 5.41) is 30.5. The number of hydrogen-bond acceptors (Lipinski definition) is 15. The van der Waals surface area contributed by atoms with Crippen LogP contribution in [0.1, 0.15) is 163 Å². The lowest BCUT2D eigenvalue weighted by atomic mass is 9.68. The van der Waals surface area contributed by atoms with Crippen LogP contribution < -0.4 is 28.4 Å². The monoisotopic (exact) mass is 1840 g/mol. The highest BCUT2D eigenvalue weighted by atomic mass is 127. The first-order chi connectivity index (χ1) is 62.4. The average Bonchev–Trinajstić information content (AvgIpc) is 0.913. The Labute approximate surface area is 774 Å². The molecule has 4 aliphatic heterocycles. The topological polar surface area (TPSA) is 146 Å². The van der Waals surface area contributed by atoms with E-state index >= 15 is 0 Å². The fourth-order valence-corrected chi connectivity index (χ4v) is 19.4. The Morgan fingerprint density at radius 2 is 0.867 bits per heavy atom. The number of halogens is 1. The molecule has 12 aromatic carbocycles. The number of phenolic OH excluding ortho intramolecular Hbond substituents is 3. The van der Waals surface area contributed by atoms with Crippen molar-refractivity contribution < 1.29 is 48.5 Å². The minimum Gasteiger partial charge on any atom is -0.508 e. The van der Waals surface area contributed by atoms with Crippen LogP contribution in [0.15, 0.2) is 297 Å². The van der Waals surface area contributed by atoms with E-state index in [1.54, 1.807) is 55.6 Å². The molecule has 0 amide bonds. The molecule has 662 valence electrons. The molecule has 0 saturated carbocycles. The Bertz CT molecular complexity index is 5730. The highest BCUT2D eigenvalue weighted by Gasteiger charge is 2.45. The molecule has 0 unspecified atom stereocenters. The molecule has 1 aromatic heterocycles. The molecule has 5 heterocycles. The normalized spacial score (nSPS) is 15.9. The van der Waals surface area contributed by atoms with Gasteiger partial charge in [0, 0.05) is 79.3 Å². The number of carbonyl (C=O) groups is 1. The summed E-state index contributed by atoms with van der Waals surface area (Å²) in [5.74, 6) is 6.05. The van der Waals surface area contributed by atoms with Crippen LogP contribution in [0, 0.1) is 3.57 Å². The third kappa shape index (κ3) is 24.9. The standard InChI is InChI=1S/C30H35NO3.C28H30INO.C28H27NO4S.C26H29NO2/c1-30(2)29(23-9-5-4-6-10-23)28(26-16-15-25(32-3)21-27(26)34-30)22-11-13-24(14-12-22)33-20-19-31-17-7-8-18-31;1-2-27(22-8-4-3-5-9-22)28(23-10-14-25(29)15-11-23)24-12-16-26(17-13-24)31-21-20-30-18-6-7-19-30;30-21-8-4-20(5-9-21)28-26(24-13-10-22(31)18-25(24)34-28)27(32)19-6-11-23(12-7-19)33-17-16-29-14-2-1-3-15-29;1-4-25(20-9-6-5-7-10-20)26(22-11-8-12-23(28)19-22)21-13-15-24(16-14-21)29-18-17-27(2)3/h4-6,9-16,21,28-29H,7-8,17-20H2,1-3H3;3-5,8-17H,2,6-7,18-21H2,1H3;4-13,18,30-31H,1-3,14-17H2;5-16,19,28H,4,17-18H2,1-3H3/b;28-27-;;26-25+/t28-,29+;;;/m1.../s1. The van der Waals surface area contributed by atoms with Gasteiger partial charge in [0.15, 0.2) is 5.78 Å². The third-order valence-corrected chi connectivity index (χ3v) is 26.3. The van der Waals surface area contributed by atoms with Crippen LogP contribution in [0.2, 0.25) is 0 Å². The highest BCUT2D eigenvalue weighted by Crippen LogP contribution is 2.54. The maximum absolute atomic E-state index is 13.6. The number of ether oxygens (including phenoxy) is 6. The second kappa shape index (κ2) is 46.0. The van der Waals surface area contributed by atoms with Crippen LogP contribution in [-0.2, 0) is 0 Å². The number of hydrogen-bond donors (Lipinski definition) is 3. The van der Waals surface area contributed by atoms with Crippen molar-refractivity contribution in [2.45, 2.75) is 103 Å². The van der Waals surface area contributed by atoms with Crippen LogP contribution in [0.25, 0.3) is 42.8 Å². The molecule has 3 fully saturated rings. The number of carbonyl (C=O) groups excluding carboxylic acids is 1. The van der Waals surface area contributed by atoms with Crippen molar-refractivity contribution in [3.8, 4) is 62.2 Å². The van der Waals surface area contributed by atoms with Crippen molar-refractivity contribution in [2.24, 2.45) is 0 Å². The van der Waals surface area contributed by atoms with Crippen molar-refractivity contribution in [2.75, 3.05) is 113 Å². The zero-order valence-electron chi connectivity index (χ0n) is 75.0. The van der Waals surface area contributed by atoms with Crippen LogP contribution in [0.3, 0.4) is 0 Å². The summed E-state index contributed by atoms with van der Waals surface area (Å²) in [7, 11) is 5.77. The van der Waals surface area contributed by atoms with Gasteiger partial charge in [-0.15, -0.1) is 11.3 Å². The van der Waals surface area contributed by atoms with Gasteiger partial charge in [0.25, 0.3) is 0 Å². The lowest BCUT2D eigenvalue weighted by molar-refractivity contribution is 0.0528. The predicted molar refractivity (Wildman–Crippen MR) is 533 cm³/mol. The van der Waals surface area contributed by atoms with Crippen molar-refractivity contribution in [3.63, 3.8) is 0 Å². The zero-order chi connectivity index (χ0) is 89.1. The SMILES string of the molecule is CC/C(=C(/c1ccc(OCCN(C)C)cc1)c1cccc(O)c1)c1ccccc1.CC/C(=C(\c1ccc(I)cc1)c1ccc(OCCN2CCCC2)cc1)c1ccccc1.COc1ccc2c(c1)OC(C)(C)[C@@H](c1ccccc1)[C@@H]2c1ccc(OCCN2CCCC2)cc1.O=C(c1ccc(OCCN2CCCCC2)cc1)c1c(-c2ccc(O)cc2)sc2cc(O)ccc12. The minimum atomic E-state index is -0.393. The van der Waals surface area contributed by atoms with Crippen LogP contribution in [0.4, 0.5) is 0 Å². The Morgan fingerprint density at radius 3 is 1.35 bits per heavy atom.